The number of anilines is 1. The topological polar surface area (TPSA) is 46.9 Å². The molecule has 0 atom stereocenters. The van der Waals surface area contributed by atoms with Crippen LogP contribution in [-0.2, 0) is 13.1 Å². The van der Waals surface area contributed by atoms with Crippen LogP contribution in [0.5, 0.6) is 0 Å². The van der Waals surface area contributed by atoms with Crippen LogP contribution in [0.1, 0.15) is 5.56 Å². The summed E-state index contributed by atoms with van der Waals surface area (Å²) in [7, 11) is 0. The van der Waals surface area contributed by atoms with Crippen molar-refractivity contribution in [2.24, 2.45) is 0 Å². The van der Waals surface area contributed by atoms with E-state index in [0.29, 0.717) is 11.3 Å². The molecule has 2 aromatic rings. The molecule has 1 N–H and O–H groups in total. The molecular formula is C14H13ClFN3O. The van der Waals surface area contributed by atoms with Gasteiger partial charge in [0.1, 0.15) is 10.8 Å². The van der Waals surface area contributed by atoms with Gasteiger partial charge in [0.15, 0.2) is 0 Å². The first-order valence-corrected chi connectivity index (χ1v) is 6.35. The molecule has 0 bridgehead atoms. The fourth-order valence-corrected chi connectivity index (χ4v) is 1.89. The minimum atomic E-state index is -0.412. The largest absolute Gasteiger partial charge is 0.378 e. The smallest absolute Gasteiger partial charge is 0.287 e. The number of benzene rings is 1. The van der Waals surface area contributed by atoms with E-state index in [9.17, 15) is 9.18 Å². The van der Waals surface area contributed by atoms with E-state index in [0.717, 1.165) is 0 Å². The van der Waals surface area contributed by atoms with Crippen molar-refractivity contribution in [1.29, 1.82) is 0 Å². The molecule has 6 heteroatoms. The summed E-state index contributed by atoms with van der Waals surface area (Å²) in [5.74, 6) is -0.316. The summed E-state index contributed by atoms with van der Waals surface area (Å²) in [4.78, 5) is 11.9. The summed E-state index contributed by atoms with van der Waals surface area (Å²) in [6.45, 7) is 4.04. The number of nitrogens with one attached hydrogen (secondary N) is 1. The van der Waals surface area contributed by atoms with Crippen LogP contribution in [-0.4, -0.2) is 9.78 Å². The number of hydrogen-bond donors (Lipinski definition) is 1. The molecule has 0 aliphatic carbocycles. The molecule has 0 saturated carbocycles. The predicted octanol–water partition coefficient (Wildman–Crippen LogP) is 2.83. The van der Waals surface area contributed by atoms with Crippen LogP contribution in [0.2, 0.25) is 5.02 Å². The lowest BCUT2D eigenvalue weighted by atomic mass is 10.2. The van der Waals surface area contributed by atoms with Crippen LogP contribution >= 0.6 is 11.6 Å². The van der Waals surface area contributed by atoms with Gasteiger partial charge in [-0.15, -0.1) is 6.58 Å². The number of aromatic nitrogens is 2. The number of rotatable bonds is 5. The van der Waals surface area contributed by atoms with Gasteiger partial charge in [-0.2, -0.15) is 5.10 Å². The molecule has 0 fully saturated rings. The first-order chi connectivity index (χ1) is 9.63. The van der Waals surface area contributed by atoms with E-state index in [2.05, 4.69) is 17.0 Å². The van der Waals surface area contributed by atoms with Crippen molar-refractivity contribution in [3.8, 4) is 0 Å². The fourth-order valence-electron chi connectivity index (χ4n) is 1.67. The Morgan fingerprint density at radius 3 is 2.90 bits per heavy atom. The van der Waals surface area contributed by atoms with Crippen molar-refractivity contribution >= 4 is 17.3 Å². The Bertz CT molecular complexity index is 684. The Hall–Kier alpha value is -2.14. The number of halogens is 2. The van der Waals surface area contributed by atoms with E-state index in [1.54, 1.807) is 24.3 Å². The highest BCUT2D eigenvalue weighted by atomic mass is 35.5. The lowest BCUT2D eigenvalue weighted by molar-refractivity contribution is 0.612. The van der Waals surface area contributed by atoms with E-state index in [1.807, 2.05) is 0 Å². The molecule has 4 nitrogen and oxygen atoms in total. The highest BCUT2D eigenvalue weighted by Gasteiger charge is 2.09. The van der Waals surface area contributed by atoms with E-state index in [1.165, 1.54) is 16.9 Å². The van der Waals surface area contributed by atoms with E-state index in [-0.39, 0.29) is 23.9 Å². The van der Waals surface area contributed by atoms with Crippen molar-refractivity contribution in [2.75, 3.05) is 5.32 Å². The molecule has 1 aromatic heterocycles. The van der Waals surface area contributed by atoms with Gasteiger partial charge in [0, 0.05) is 12.1 Å². The van der Waals surface area contributed by atoms with Crippen LogP contribution in [0.25, 0.3) is 0 Å². The standard InChI is InChI=1S/C14H13ClFN3O/c1-2-7-19-14(20)13(15)12(9-18-19)17-8-10-5-3-4-6-11(10)16/h2-6,9,17H,1,7-8H2. The normalized spacial score (nSPS) is 10.3. The lowest BCUT2D eigenvalue weighted by Crippen LogP contribution is -2.23. The maximum absolute atomic E-state index is 13.5. The summed E-state index contributed by atoms with van der Waals surface area (Å²) in [5.41, 5.74) is 0.448. The quantitative estimate of drug-likeness (QED) is 0.862. The molecule has 104 valence electrons. The van der Waals surface area contributed by atoms with Crippen LogP contribution < -0.4 is 10.9 Å². The zero-order valence-corrected chi connectivity index (χ0v) is 11.4. The van der Waals surface area contributed by atoms with Gasteiger partial charge in [0.25, 0.3) is 5.56 Å². The van der Waals surface area contributed by atoms with Crippen LogP contribution in [0, 0.1) is 5.82 Å². The molecule has 0 saturated heterocycles. The molecule has 20 heavy (non-hydrogen) atoms. The molecule has 1 heterocycles. The van der Waals surface area contributed by atoms with E-state index in [4.69, 9.17) is 11.6 Å². The Balaban J connectivity index is 2.19. The van der Waals surface area contributed by atoms with Crippen molar-refractivity contribution < 1.29 is 4.39 Å². The zero-order chi connectivity index (χ0) is 14.5. The lowest BCUT2D eigenvalue weighted by Gasteiger charge is -2.10. The minimum Gasteiger partial charge on any atom is -0.378 e. The van der Waals surface area contributed by atoms with Gasteiger partial charge in [0.05, 0.1) is 18.4 Å². The monoisotopic (exact) mass is 293 g/mol. The third-order valence-corrected chi connectivity index (χ3v) is 3.08. The summed E-state index contributed by atoms with van der Waals surface area (Å²) >= 11 is 5.98. The number of nitrogens with zero attached hydrogens (tertiary/aromatic N) is 2. The number of hydrogen-bond acceptors (Lipinski definition) is 3. The first kappa shape index (κ1) is 14.3. The Morgan fingerprint density at radius 2 is 2.20 bits per heavy atom. The zero-order valence-electron chi connectivity index (χ0n) is 10.6. The van der Waals surface area contributed by atoms with Crippen LogP contribution in [0.15, 0.2) is 47.9 Å². The van der Waals surface area contributed by atoms with Gasteiger partial charge in [-0.25, -0.2) is 9.07 Å². The van der Waals surface area contributed by atoms with Crippen molar-refractivity contribution in [2.45, 2.75) is 13.1 Å². The average molecular weight is 294 g/mol. The Labute approximate surface area is 120 Å². The van der Waals surface area contributed by atoms with Gasteiger partial charge in [-0.05, 0) is 6.07 Å². The third kappa shape index (κ3) is 3.05. The van der Waals surface area contributed by atoms with E-state index < -0.39 is 5.56 Å². The van der Waals surface area contributed by atoms with Gasteiger partial charge in [-0.3, -0.25) is 4.79 Å². The minimum absolute atomic E-state index is 0.0261. The first-order valence-electron chi connectivity index (χ1n) is 5.97. The molecule has 0 aliphatic rings. The fraction of sp³-hybridized carbons (Fsp3) is 0.143. The molecule has 1 aromatic carbocycles. The van der Waals surface area contributed by atoms with Gasteiger partial charge < -0.3 is 5.32 Å². The van der Waals surface area contributed by atoms with Crippen LogP contribution in [0.3, 0.4) is 0 Å². The van der Waals surface area contributed by atoms with Crippen molar-refractivity contribution in [3.63, 3.8) is 0 Å². The second kappa shape index (κ2) is 6.34. The molecular weight excluding hydrogens is 281 g/mol. The molecule has 0 radical (unpaired) electrons. The molecule has 0 unspecified atom stereocenters. The predicted molar refractivity (Wildman–Crippen MR) is 77.4 cm³/mol. The maximum atomic E-state index is 13.5. The highest BCUT2D eigenvalue weighted by Crippen LogP contribution is 2.17. The molecule has 0 aliphatic heterocycles. The SMILES string of the molecule is C=CCn1ncc(NCc2ccccc2F)c(Cl)c1=O. The second-order valence-electron chi connectivity index (χ2n) is 4.09. The van der Waals surface area contributed by atoms with Gasteiger partial charge in [-0.1, -0.05) is 35.9 Å². The second-order valence-corrected chi connectivity index (χ2v) is 4.47. The summed E-state index contributed by atoms with van der Waals surface area (Å²) in [6.07, 6.45) is 2.99. The summed E-state index contributed by atoms with van der Waals surface area (Å²) < 4.78 is 14.7. The van der Waals surface area contributed by atoms with Gasteiger partial charge in [0.2, 0.25) is 0 Å². The number of allylic oxidation sites excluding steroid dienone is 1. The maximum Gasteiger partial charge on any atom is 0.287 e. The van der Waals surface area contributed by atoms with Crippen molar-refractivity contribution in [3.05, 3.63) is 69.9 Å². The molecule has 0 spiro atoms. The Kier molecular flexibility index (Phi) is 4.53. The average Bonchev–Trinajstić information content (AvgIpc) is 2.45. The summed E-state index contributed by atoms with van der Waals surface area (Å²) in [6, 6.07) is 6.38. The Morgan fingerprint density at radius 1 is 1.45 bits per heavy atom. The van der Waals surface area contributed by atoms with E-state index >= 15 is 0 Å². The molecule has 2 rings (SSSR count). The highest BCUT2D eigenvalue weighted by molar-refractivity contribution is 6.32. The van der Waals surface area contributed by atoms with Gasteiger partial charge >= 0.3 is 0 Å². The van der Waals surface area contributed by atoms with Crippen LogP contribution in [0.4, 0.5) is 10.1 Å². The summed E-state index contributed by atoms with van der Waals surface area (Å²) in [5, 5.41) is 6.89. The molecule has 0 amide bonds. The third-order valence-electron chi connectivity index (χ3n) is 2.71. The van der Waals surface area contributed by atoms with Crippen molar-refractivity contribution in [1.82, 2.24) is 9.78 Å².